The van der Waals surface area contributed by atoms with Gasteiger partial charge in [0.05, 0.1) is 6.61 Å². The summed E-state index contributed by atoms with van der Waals surface area (Å²) in [7, 11) is 0. The standard InChI is InChI=1S/C20H41NO/c1-2-3-4-5-6-7-8-9-10-11-12-13-14-15-16-17-18-21-19-20-22-21/h2-20H2,1H3. The van der Waals surface area contributed by atoms with Crippen molar-refractivity contribution in [3.05, 3.63) is 0 Å². The summed E-state index contributed by atoms with van der Waals surface area (Å²) < 4.78 is 0. The second kappa shape index (κ2) is 15.8. The molecule has 0 saturated carbocycles. The first-order chi connectivity index (χ1) is 10.9. The lowest BCUT2D eigenvalue weighted by atomic mass is 10.0. The van der Waals surface area contributed by atoms with E-state index in [2.05, 4.69) is 12.0 Å². The molecule has 0 atom stereocenters. The molecule has 1 aliphatic heterocycles. The molecule has 0 bridgehead atoms. The van der Waals surface area contributed by atoms with E-state index >= 15 is 0 Å². The molecule has 1 rings (SSSR count). The van der Waals surface area contributed by atoms with Gasteiger partial charge in [-0.2, -0.15) is 5.06 Å². The van der Waals surface area contributed by atoms with Gasteiger partial charge in [-0.1, -0.05) is 103 Å². The van der Waals surface area contributed by atoms with Crippen LogP contribution in [0.15, 0.2) is 0 Å². The van der Waals surface area contributed by atoms with Gasteiger partial charge in [0.15, 0.2) is 0 Å². The van der Waals surface area contributed by atoms with Crippen LogP contribution in [-0.4, -0.2) is 24.8 Å². The number of hydrogen-bond donors (Lipinski definition) is 0. The van der Waals surface area contributed by atoms with Gasteiger partial charge in [0.25, 0.3) is 0 Å². The smallest absolute Gasteiger partial charge is 0.0835 e. The predicted octanol–water partition coefficient (Wildman–Crippen LogP) is 6.50. The number of nitrogens with zero attached hydrogens (tertiary/aromatic N) is 1. The molecule has 0 spiro atoms. The summed E-state index contributed by atoms with van der Waals surface area (Å²) in [5.41, 5.74) is 0. The zero-order chi connectivity index (χ0) is 15.7. The van der Waals surface area contributed by atoms with Crippen molar-refractivity contribution in [1.29, 1.82) is 0 Å². The minimum Gasteiger partial charge on any atom is -0.297 e. The first kappa shape index (κ1) is 20.0. The molecule has 0 aromatic rings. The van der Waals surface area contributed by atoms with E-state index in [0.29, 0.717) is 0 Å². The van der Waals surface area contributed by atoms with Crippen molar-refractivity contribution in [2.75, 3.05) is 19.7 Å². The van der Waals surface area contributed by atoms with Gasteiger partial charge in [-0.05, 0) is 6.42 Å². The zero-order valence-electron chi connectivity index (χ0n) is 15.3. The molecular formula is C20H41NO. The highest BCUT2D eigenvalue weighted by molar-refractivity contribution is 4.55. The lowest BCUT2D eigenvalue weighted by Crippen LogP contribution is -2.39. The second-order valence-corrected chi connectivity index (χ2v) is 7.07. The third-order valence-electron chi connectivity index (χ3n) is 4.88. The van der Waals surface area contributed by atoms with Gasteiger partial charge >= 0.3 is 0 Å². The van der Waals surface area contributed by atoms with E-state index in [9.17, 15) is 0 Å². The quantitative estimate of drug-likeness (QED) is 0.284. The van der Waals surface area contributed by atoms with Gasteiger partial charge in [-0.3, -0.25) is 4.84 Å². The van der Waals surface area contributed by atoms with E-state index in [1.807, 2.05) is 0 Å². The molecule has 1 heterocycles. The molecule has 0 aromatic heterocycles. The minimum atomic E-state index is 0.943. The fraction of sp³-hybridized carbons (Fsp3) is 1.00. The van der Waals surface area contributed by atoms with Crippen LogP contribution >= 0.6 is 0 Å². The maximum absolute atomic E-state index is 5.29. The number of hydrogen-bond acceptors (Lipinski definition) is 2. The van der Waals surface area contributed by atoms with Gasteiger partial charge in [-0.15, -0.1) is 0 Å². The fourth-order valence-electron chi connectivity index (χ4n) is 3.23. The fourth-order valence-corrected chi connectivity index (χ4v) is 3.23. The van der Waals surface area contributed by atoms with Gasteiger partial charge < -0.3 is 0 Å². The van der Waals surface area contributed by atoms with Crippen LogP contribution < -0.4 is 0 Å². The molecule has 0 aliphatic carbocycles. The van der Waals surface area contributed by atoms with Crippen molar-refractivity contribution in [1.82, 2.24) is 5.06 Å². The largest absolute Gasteiger partial charge is 0.297 e. The Morgan fingerprint density at radius 2 is 0.955 bits per heavy atom. The van der Waals surface area contributed by atoms with Crippen LogP contribution in [0.1, 0.15) is 110 Å². The molecule has 0 N–H and O–H groups in total. The maximum atomic E-state index is 5.29. The Hall–Kier alpha value is -0.0800. The normalized spacial score (nSPS) is 15.1. The molecular weight excluding hydrogens is 270 g/mol. The highest BCUT2D eigenvalue weighted by Crippen LogP contribution is 2.14. The molecule has 22 heavy (non-hydrogen) atoms. The van der Waals surface area contributed by atoms with E-state index < -0.39 is 0 Å². The van der Waals surface area contributed by atoms with Crippen LogP contribution in [0.5, 0.6) is 0 Å². The van der Waals surface area contributed by atoms with E-state index in [1.54, 1.807) is 0 Å². The Kier molecular flexibility index (Phi) is 14.3. The van der Waals surface area contributed by atoms with Crippen LogP contribution in [0.2, 0.25) is 0 Å². The summed E-state index contributed by atoms with van der Waals surface area (Å²) in [6.45, 7) is 5.54. The Labute approximate surface area is 139 Å². The lowest BCUT2D eigenvalue weighted by molar-refractivity contribution is -0.246. The van der Waals surface area contributed by atoms with E-state index in [1.165, 1.54) is 103 Å². The van der Waals surface area contributed by atoms with Crippen molar-refractivity contribution in [3.63, 3.8) is 0 Å². The average molecular weight is 312 g/mol. The van der Waals surface area contributed by atoms with E-state index in [-0.39, 0.29) is 0 Å². The van der Waals surface area contributed by atoms with Gasteiger partial charge in [0.1, 0.15) is 0 Å². The summed E-state index contributed by atoms with van der Waals surface area (Å²) in [4.78, 5) is 5.29. The monoisotopic (exact) mass is 311 g/mol. The van der Waals surface area contributed by atoms with Crippen molar-refractivity contribution in [3.8, 4) is 0 Å². The van der Waals surface area contributed by atoms with Gasteiger partial charge in [-0.25, -0.2) is 0 Å². The first-order valence-corrected chi connectivity index (χ1v) is 10.3. The summed E-state index contributed by atoms with van der Waals surface area (Å²) >= 11 is 0. The number of rotatable bonds is 17. The average Bonchev–Trinajstić information content (AvgIpc) is 2.48. The lowest BCUT2D eigenvalue weighted by Gasteiger charge is -2.29. The highest BCUT2D eigenvalue weighted by Gasteiger charge is 2.12. The van der Waals surface area contributed by atoms with Crippen LogP contribution in [-0.2, 0) is 4.84 Å². The van der Waals surface area contributed by atoms with Crippen LogP contribution in [0, 0.1) is 0 Å². The van der Waals surface area contributed by atoms with Crippen molar-refractivity contribution in [2.45, 2.75) is 110 Å². The summed E-state index contributed by atoms with van der Waals surface area (Å²) in [6, 6.07) is 0. The highest BCUT2D eigenvalue weighted by atomic mass is 16.7. The molecule has 1 aliphatic rings. The third kappa shape index (κ3) is 12.5. The summed E-state index contributed by atoms with van der Waals surface area (Å²) in [5, 5.41) is 2.10. The summed E-state index contributed by atoms with van der Waals surface area (Å²) in [5.74, 6) is 0. The Morgan fingerprint density at radius 1 is 0.591 bits per heavy atom. The second-order valence-electron chi connectivity index (χ2n) is 7.07. The van der Waals surface area contributed by atoms with E-state index in [0.717, 1.165) is 19.7 Å². The SMILES string of the molecule is CCCCCCCCCCCCCCCCCCN1CCO1. The van der Waals surface area contributed by atoms with Crippen LogP contribution in [0.4, 0.5) is 0 Å². The zero-order valence-corrected chi connectivity index (χ0v) is 15.3. The van der Waals surface area contributed by atoms with Crippen molar-refractivity contribution >= 4 is 0 Å². The number of hydroxylamine groups is 2. The molecule has 132 valence electrons. The number of unbranched alkanes of at least 4 members (excludes halogenated alkanes) is 15. The Balaban J connectivity index is 1.61. The van der Waals surface area contributed by atoms with Crippen LogP contribution in [0.25, 0.3) is 0 Å². The molecule has 0 unspecified atom stereocenters. The van der Waals surface area contributed by atoms with Gasteiger partial charge in [0, 0.05) is 13.1 Å². The maximum Gasteiger partial charge on any atom is 0.0835 e. The first-order valence-electron chi connectivity index (χ1n) is 10.3. The molecule has 1 saturated heterocycles. The Bertz CT molecular complexity index is 216. The predicted molar refractivity (Wildman–Crippen MR) is 97.1 cm³/mol. The Morgan fingerprint density at radius 3 is 1.27 bits per heavy atom. The van der Waals surface area contributed by atoms with Gasteiger partial charge in [0.2, 0.25) is 0 Å². The van der Waals surface area contributed by atoms with E-state index in [4.69, 9.17) is 4.84 Å². The van der Waals surface area contributed by atoms with Crippen LogP contribution in [0.3, 0.4) is 0 Å². The molecule has 1 fully saturated rings. The minimum absolute atomic E-state index is 0.943. The molecule has 0 radical (unpaired) electrons. The summed E-state index contributed by atoms with van der Waals surface area (Å²) in [6.07, 6.45) is 23.1. The molecule has 0 amide bonds. The topological polar surface area (TPSA) is 12.5 Å². The third-order valence-corrected chi connectivity index (χ3v) is 4.88. The van der Waals surface area contributed by atoms with Crippen molar-refractivity contribution < 1.29 is 4.84 Å². The van der Waals surface area contributed by atoms with Crippen molar-refractivity contribution in [2.24, 2.45) is 0 Å². The molecule has 2 nitrogen and oxygen atoms in total. The molecule has 2 heteroatoms. The molecule has 0 aromatic carbocycles.